The van der Waals surface area contributed by atoms with Gasteiger partial charge >= 0.3 is 0 Å². The van der Waals surface area contributed by atoms with Crippen molar-refractivity contribution in [3.05, 3.63) is 0 Å². The summed E-state index contributed by atoms with van der Waals surface area (Å²) in [6.45, 7) is 5.46. The average molecular weight is 251 g/mol. The smallest absolute Gasteiger partial charge is 0.150 e. The van der Waals surface area contributed by atoms with Crippen LogP contribution < -0.4 is 5.32 Å². The molecule has 0 heterocycles. The number of hydrogen-bond donors (Lipinski definition) is 1. The average Bonchev–Trinajstić information content (AvgIpc) is 2.18. The van der Waals surface area contributed by atoms with Crippen molar-refractivity contribution in [3.8, 4) is 0 Å². The van der Waals surface area contributed by atoms with Crippen LogP contribution in [0.15, 0.2) is 0 Å². The van der Waals surface area contributed by atoms with E-state index in [1.54, 1.807) is 7.11 Å². The standard InChI is InChI=1S/C11H25NO3S/c1-4-8-16(13,14)9-6-7-11(10-15-3)12-5-2/h11-12H,4-10H2,1-3H3. The van der Waals surface area contributed by atoms with E-state index in [0.717, 1.165) is 13.0 Å². The van der Waals surface area contributed by atoms with Crippen LogP contribution in [0.5, 0.6) is 0 Å². The van der Waals surface area contributed by atoms with Gasteiger partial charge in [-0.2, -0.15) is 0 Å². The van der Waals surface area contributed by atoms with Crippen LogP contribution in [-0.4, -0.2) is 46.2 Å². The first kappa shape index (κ1) is 15.9. The van der Waals surface area contributed by atoms with Crippen molar-refractivity contribution >= 4 is 9.84 Å². The van der Waals surface area contributed by atoms with Crippen LogP contribution in [0.2, 0.25) is 0 Å². The van der Waals surface area contributed by atoms with E-state index in [9.17, 15) is 8.42 Å². The zero-order valence-electron chi connectivity index (χ0n) is 10.7. The highest BCUT2D eigenvalue weighted by Crippen LogP contribution is 2.03. The molecule has 0 aliphatic rings. The van der Waals surface area contributed by atoms with Crippen LogP contribution >= 0.6 is 0 Å². The van der Waals surface area contributed by atoms with Crippen molar-refractivity contribution in [2.45, 2.75) is 39.2 Å². The van der Waals surface area contributed by atoms with Gasteiger partial charge in [-0.3, -0.25) is 0 Å². The monoisotopic (exact) mass is 251 g/mol. The van der Waals surface area contributed by atoms with Crippen LogP contribution in [0.4, 0.5) is 0 Å². The van der Waals surface area contributed by atoms with Crippen LogP contribution in [-0.2, 0) is 14.6 Å². The van der Waals surface area contributed by atoms with Gasteiger partial charge < -0.3 is 10.1 Å². The number of methoxy groups -OCH3 is 1. The number of likely N-dealkylation sites (N-methyl/N-ethyl adjacent to an activating group) is 1. The summed E-state index contributed by atoms with van der Waals surface area (Å²) in [6.07, 6.45) is 2.27. The predicted octanol–water partition coefficient (Wildman–Crippen LogP) is 1.22. The topological polar surface area (TPSA) is 55.4 Å². The van der Waals surface area contributed by atoms with E-state index in [-0.39, 0.29) is 6.04 Å². The highest BCUT2D eigenvalue weighted by molar-refractivity contribution is 7.91. The molecule has 0 amide bonds. The van der Waals surface area contributed by atoms with Gasteiger partial charge in [0, 0.05) is 18.9 Å². The summed E-state index contributed by atoms with van der Waals surface area (Å²) in [4.78, 5) is 0. The molecular weight excluding hydrogens is 226 g/mol. The van der Waals surface area contributed by atoms with E-state index in [2.05, 4.69) is 5.32 Å². The van der Waals surface area contributed by atoms with Gasteiger partial charge in [0.15, 0.2) is 0 Å². The minimum absolute atomic E-state index is 0.270. The minimum atomic E-state index is -2.83. The Kier molecular flexibility index (Phi) is 8.89. The van der Waals surface area contributed by atoms with E-state index >= 15 is 0 Å². The Balaban J connectivity index is 3.84. The fraction of sp³-hybridized carbons (Fsp3) is 1.00. The molecule has 0 aromatic heterocycles. The van der Waals surface area contributed by atoms with Crippen molar-refractivity contribution in [2.24, 2.45) is 0 Å². The summed E-state index contributed by atoms with van der Waals surface area (Å²) in [5.74, 6) is 0.607. The lowest BCUT2D eigenvalue weighted by molar-refractivity contribution is 0.163. The van der Waals surface area contributed by atoms with Crippen molar-refractivity contribution in [1.29, 1.82) is 0 Å². The Morgan fingerprint density at radius 1 is 1.25 bits per heavy atom. The number of rotatable bonds is 10. The van der Waals surface area contributed by atoms with Crippen LogP contribution in [0.3, 0.4) is 0 Å². The lowest BCUT2D eigenvalue weighted by Gasteiger charge is -2.16. The molecule has 1 N–H and O–H groups in total. The second-order valence-electron chi connectivity index (χ2n) is 4.00. The molecule has 1 atom stereocenters. The molecule has 0 aliphatic heterocycles. The largest absolute Gasteiger partial charge is 0.383 e. The Bertz CT molecular complexity index is 246. The molecule has 16 heavy (non-hydrogen) atoms. The summed E-state index contributed by atoms with van der Waals surface area (Å²) >= 11 is 0. The third kappa shape index (κ3) is 8.07. The van der Waals surface area contributed by atoms with Gasteiger partial charge in [0.25, 0.3) is 0 Å². The first-order chi connectivity index (χ1) is 7.55. The van der Waals surface area contributed by atoms with Gasteiger partial charge in [0.2, 0.25) is 0 Å². The van der Waals surface area contributed by atoms with E-state index in [0.29, 0.717) is 31.0 Å². The van der Waals surface area contributed by atoms with Gasteiger partial charge in [0.05, 0.1) is 12.4 Å². The van der Waals surface area contributed by atoms with Crippen molar-refractivity contribution in [2.75, 3.05) is 31.8 Å². The fourth-order valence-electron chi connectivity index (χ4n) is 1.70. The maximum Gasteiger partial charge on any atom is 0.150 e. The molecule has 1 unspecified atom stereocenters. The molecule has 0 aromatic rings. The molecule has 0 saturated carbocycles. The Morgan fingerprint density at radius 3 is 2.44 bits per heavy atom. The Morgan fingerprint density at radius 2 is 1.94 bits per heavy atom. The summed E-state index contributed by atoms with van der Waals surface area (Å²) in [5, 5.41) is 3.28. The van der Waals surface area contributed by atoms with E-state index < -0.39 is 9.84 Å². The molecule has 0 spiro atoms. The Hall–Kier alpha value is -0.130. The molecule has 4 nitrogen and oxygen atoms in total. The van der Waals surface area contributed by atoms with E-state index in [4.69, 9.17) is 4.74 Å². The first-order valence-corrected chi connectivity index (χ1v) is 7.80. The third-order valence-electron chi connectivity index (χ3n) is 2.38. The molecule has 98 valence electrons. The number of sulfone groups is 1. The summed E-state index contributed by atoms with van der Waals surface area (Å²) in [7, 11) is -1.16. The highest BCUT2D eigenvalue weighted by Gasteiger charge is 2.12. The SMILES string of the molecule is CCCS(=O)(=O)CCCC(COC)NCC. The second-order valence-corrected chi connectivity index (χ2v) is 6.31. The highest BCUT2D eigenvalue weighted by atomic mass is 32.2. The van der Waals surface area contributed by atoms with Gasteiger partial charge in [-0.1, -0.05) is 13.8 Å². The van der Waals surface area contributed by atoms with E-state index in [1.165, 1.54) is 0 Å². The minimum Gasteiger partial charge on any atom is -0.383 e. The molecule has 0 rings (SSSR count). The summed E-state index contributed by atoms with van der Waals surface area (Å²) in [6, 6.07) is 0.270. The van der Waals surface area contributed by atoms with Crippen LogP contribution in [0, 0.1) is 0 Å². The van der Waals surface area contributed by atoms with Crippen molar-refractivity contribution in [3.63, 3.8) is 0 Å². The van der Waals surface area contributed by atoms with Crippen LogP contribution in [0.25, 0.3) is 0 Å². The maximum absolute atomic E-state index is 11.5. The zero-order valence-corrected chi connectivity index (χ0v) is 11.5. The van der Waals surface area contributed by atoms with Crippen molar-refractivity contribution < 1.29 is 13.2 Å². The van der Waals surface area contributed by atoms with Crippen molar-refractivity contribution in [1.82, 2.24) is 5.32 Å². The van der Waals surface area contributed by atoms with Crippen LogP contribution in [0.1, 0.15) is 33.1 Å². The molecule has 0 radical (unpaired) electrons. The van der Waals surface area contributed by atoms with Gasteiger partial charge in [0.1, 0.15) is 9.84 Å². The summed E-state index contributed by atoms with van der Waals surface area (Å²) < 4.78 is 28.0. The predicted molar refractivity (Wildman–Crippen MR) is 67.5 cm³/mol. The van der Waals surface area contributed by atoms with Gasteiger partial charge in [-0.25, -0.2) is 8.42 Å². The zero-order chi connectivity index (χ0) is 12.4. The molecule has 5 heteroatoms. The lowest BCUT2D eigenvalue weighted by atomic mass is 10.2. The molecule has 0 fully saturated rings. The quantitative estimate of drug-likeness (QED) is 0.634. The number of hydrogen-bond acceptors (Lipinski definition) is 4. The lowest BCUT2D eigenvalue weighted by Crippen LogP contribution is -2.33. The molecule has 0 bridgehead atoms. The van der Waals surface area contributed by atoms with E-state index in [1.807, 2.05) is 13.8 Å². The van der Waals surface area contributed by atoms with Gasteiger partial charge in [-0.15, -0.1) is 0 Å². The normalized spacial score (nSPS) is 13.9. The number of ether oxygens (including phenoxy) is 1. The summed E-state index contributed by atoms with van der Waals surface area (Å²) in [5.41, 5.74) is 0. The molecule has 0 aromatic carbocycles. The Labute approximate surface area is 99.7 Å². The third-order valence-corrected chi connectivity index (χ3v) is 4.32. The molecular formula is C11H25NO3S. The van der Waals surface area contributed by atoms with Gasteiger partial charge in [-0.05, 0) is 25.8 Å². The number of nitrogens with one attached hydrogen (secondary N) is 1. The fourth-order valence-corrected chi connectivity index (χ4v) is 3.13. The first-order valence-electron chi connectivity index (χ1n) is 5.98. The molecule has 0 saturated heterocycles. The molecule has 0 aliphatic carbocycles. The maximum atomic E-state index is 11.5. The second kappa shape index (κ2) is 8.96.